The van der Waals surface area contributed by atoms with Crippen molar-refractivity contribution >= 4 is 23.6 Å². The van der Waals surface area contributed by atoms with Gasteiger partial charge in [-0.3, -0.25) is 14.5 Å². The molecular weight excluding hydrogens is 334 g/mol. The molecular formula is C16H19NO6S. The van der Waals surface area contributed by atoms with Gasteiger partial charge in [0.05, 0.1) is 17.7 Å². The van der Waals surface area contributed by atoms with E-state index in [-0.39, 0.29) is 11.1 Å². The summed E-state index contributed by atoms with van der Waals surface area (Å²) < 4.78 is 5.64. The first-order valence-corrected chi connectivity index (χ1v) is 8.77. The molecule has 3 N–H and O–H groups in total. The Bertz CT molecular complexity index is 618. The molecule has 8 heteroatoms. The predicted octanol–water partition coefficient (Wildman–Crippen LogP) is -0.157. The molecule has 2 aliphatic rings. The van der Waals surface area contributed by atoms with E-state index >= 15 is 0 Å². The van der Waals surface area contributed by atoms with Crippen LogP contribution < -0.4 is 0 Å². The Kier molecular flexibility index (Phi) is 4.93. The van der Waals surface area contributed by atoms with Crippen molar-refractivity contribution in [3.8, 4) is 0 Å². The first-order chi connectivity index (χ1) is 11.5. The summed E-state index contributed by atoms with van der Waals surface area (Å²) >= 11 is 1.30. The monoisotopic (exact) mass is 353 g/mol. The number of fused-ring (bicyclic) bond motifs is 1. The number of aliphatic hydroxyl groups excluding tert-OH is 3. The molecule has 3 rings (SSSR count). The summed E-state index contributed by atoms with van der Waals surface area (Å²) in [5, 5.41) is 30.0. The Morgan fingerprint density at radius 2 is 1.71 bits per heavy atom. The van der Waals surface area contributed by atoms with E-state index in [1.165, 1.54) is 11.8 Å². The standard InChI is InChI=1S/C16H19NO6S/c1-2-24-16-11(13(20)12(19)10(7-18)23-16)17-14(21)8-5-3-4-6-9(8)15(17)22/h3-6,10-13,16,18-20H,2,7H2,1H3/t10?,11?,12-,13?,16+/m1/s1. The lowest BCUT2D eigenvalue weighted by atomic mass is 9.97. The van der Waals surface area contributed by atoms with Gasteiger partial charge in [0.1, 0.15) is 29.8 Å². The number of carbonyl (C=O) groups excluding carboxylic acids is 2. The van der Waals surface area contributed by atoms with Gasteiger partial charge in [-0.05, 0) is 17.9 Å². The number of nitrogens with zero attached hydrogens (tertiary/aromatic N) is 1. The topological polar surface area (TPSA) is 107 Å². The number of hydrogen-bond donors (Lipinski definition) is 3. The third-order valence-corrected chi connectivity index (χ3v) is 5.35. The fraction of sp³-hybridized carbons (Fsp3) is 0.500. The first kappa shape index (κ1) is 17.4. The van der Waals surface area contributed by atoms with E-state index in [0.29, 0.717) is 5.75 Å². The Morgan fingerprint density at radius 3 is 2.21 bits per heavy atom. The van der Waals surface area contributed by atoms with Crippen LogP contribution in [0.5, 0.6) is 0 Å². The maximum atomic E-state index is 12.7. The SMILES string of the molecule is CCS[C@@H]1OC(CO)[C@@H](O)C(O)C1N1C(=O)c2ccccc2C1=O. The molecule has 0 spiro atoms. The Balaban J connectivity index is 1.97. The average Bonchev–Trinajstić information content (AvgIpc) is 2.83. The molecule has 2 heterocycles. The minimum absolute atomic E-state index is 0.272. The van der Waals surface area contributed by atoms with Gasteiger partial charge in [-0.1, -0.05) is 19.1 Å². The van der Waals surface area contributed by atoms with Crippen molar-refractivity contribution < 1.29 is 29.6 Å². The number of imide groups is 1. The fourth-order valence-corrected chi connectivity index (χ4v) is 4.15. The lowest BCUT2D eigenvalue weighted by Crippen LogP contribution is -2.64. The Morgan fingerprint density at radius 1 is 1.12 bits per heavy atom. The van der Waals surface area contributed by atoms with Gasteiger partial charge in [0.2, 0.25) is 0 Å². The van der Waals surface area contributed by atoms with Gasteiger partial charge in [-0.2, -0.15) is 0 Å². The maximum absolute atomic E-state index is 12.7. The Hall–Kier alpha value is -1.45. The van der Waals surface area contributed by atoms with Crippen molar-refractivity contribution in [2.24, 2.45) is 0 Å². The quantitative estimate of drug-likeness (QED) is 0.646. The van der Waals surface area contributed by atoms with Crippen molar-refractivity contribution in [3.63, 3.8) is 0 Å². The van der Waals surface area contributed by atoms with Crippen LogP contribution in [-0.4, -0.2) is 74.2 Å². The van der Waals surface area contributed by atoms with Crippen LogP contribution >= 0.6 is 11.8 Å². The molecule has 1 fully saturated rings. The van der Waals surface area contributed by atoms with Crippen LogP contribution in [0.25, 0.3) is 0 Å². The normalized spacial score (nSPS) is 33.0. The number of benzene rings is 1. The van der Waals surface area contributed by atoms with Crippen LogP contribution in [0.3, 0.4) is 0 Å². The summed E-state index contributed by atoms with van der Waals surface area (Å²) in [7, 11) is 0. The van der Waals surface area contributed by atoms with Crippen molar-refractivity contribution in [3.05, 3.63) is 35.4 Å². The number of aliphatic hydroxyl groups is 3. The second-order valence-electron chi connectivity index (χ2n) is 5.68. The molecule has 0 radical (unpaired) electrons. The van der Waals surface area contributed by atoms with E-state index in [4.69, 9.17) is 4.74 Å². The minimum Gasteiger partial charge on any atom is -0.394 e. The summed E-state index contributed by atoms with van der Waals surface area (Å²) in [6.45, 7) is 1.41. The largest absolute Gasteiger partial charge is 0.394 e. The molecule has 0 bridgehead atoms. The molecule has 5 atom stereocenters. The van der Waals surface area contributed by atoms with Crippen molar-refractivity contribution in [2.75, 3.05) is 12.4 Å². The summed E-state index contributed by atoms with van der Waals surface area (Å²) in [6.07, 6.45) is -3.75. The zero-order chi connectivity index (χ0) is 17.4. The highest BCUT2D eigenvalue weighted by Gasteiger charge is 2.52. The summed E-state index contributed by atoms with van der Waals surface area (Å²) in [5.41, 5.74) is -0.185. The van der Waals surface area contributed by atoms with Crippen LogP contribution in [0.15, 0.2) is 24.3 Å². The highest BCUT2D eigenvalue weighted by molar-refractivity contribution is 7.99. The van der Waals surface area contributed by atoms with Crippen LogP contribution in [0.4, 0.5) is 0 Å². The molecule has 0 aromatic heterocycles. The lowest BCUT2D eigenvalue weighted by Gasteiger charge is -2.44. The molecule has 1 saturated heterocycles. The molecule has 0 aliphatic carbocycles. The highest BCUT2D eigenvalue weighted by atomic mass is 32.2. The van der Waals surface area contributed by atoms with Gasteiger partial charge in [0, 0.05) is 0 Å². The predicted molar refractivity (Wildman–Crippen MR) is 86.6 cm³/mol. The number of carbonyl (C=O) groups is 2. The third-order valence-electron chi connectivity index (χ3n) is 4.30. The fourth-order valence-electron chi connectivity index (χ4n) is 3.12. The van der Waals surface area contributed by atoms with Gasteiger partial charge >= 0.3 is 0 Å². The molecule has 7 nitrogen and oxygen atoms in total. The lowest BCUT2D eigenvalue weighted by molar-refractivity contribution is -0.181. The summed E-state index contributed by atoms with van der Waals surface area (Å²) in [4.78, 5) is 26.3. The van der Waals surface area contributed by atoms with Crippen LogP contribution in [0.1, 0.15) is 27.6 Å². The minimum atomic E-state index is -1.40. The zero-order valence-corrected chi connectivity index (χ0v) is 13.8. The average molecular weight is 353 g/mol. The van der Waals surface area contributed by atoms with E-state index in [2.05, 4.69) is 0 Å². The number of ether oxygens (including phenoxy) is 1. The molecule has 2 aliphatic heterocycles. The molecule has 1 aromatic carbocycles. The molecule has 130 valence electrons. The van der Waals surface area contributed by atoms with Crippen LogP contribution in [0.2, 0.25) is 0 Å². The molecule has 2 amide bonds. The van der Waals surface area contributed by atoms with Gasteiger partial charge in [0.15, 0.2) is 0 Å². The van der Waals surface area contributed by atoms with E-state index in [9.17, 15) is 24.9 Å². The zero-order valence-electron chi connectivity index (χ0n) is 13.0. The van der Waals surface area contributed by atoms with Gasteiger partial charge in [-0.25, -0.2) is 0 Å². The molecule has 0 saturated carbocycles. The third kappa shape index (κ3) is 2.64. The maximum Gasteiger partial charge on any atom is 0.262 e. The van der Waals surface area contributed by atoms with E-state index in [0.717, 1.165) is 4.90 Å². The van der Waals surface area contributed by atoms with Gasteiger partial charge < -0.3 is 20.1 Å². The number of hydrogen-bond acceptors (Lipinski definition) is 7. The van der Waals surface area contributed by atoms with Crippen molar-refractivity contribution in [2.45, 2.75) is 36.7 Å². The van der Waals surface area contributed by atoms with E-state index in [1.807, 2.05) is 6.92 Å². The van der Waals surface area contributed by atoms with Crippen LogP contribution in [-0.2, 0) is 4.74 Å². The van der Waals surface area contributed by atoms with E-state index < -0.39 is 48.2 Å². The van der Waals surface area contributed by atoms with Crippen molar-refractivity contribution in [1.29, 1.82) is 0 Å². The smallest absolute Gasteiger partial charge is 0.262 e. The first-order valence-electron chi connectivity index (χ1n) is 7.72. The van der Waals surface area contributed by atoms with Gasteiger partial charge in [-0.15, -0.1) is 11.8 Å². The highest BCUT2D eigenvalue weighted by Crippen LogP contribution is 2.35. The Labute approximate surface area is 143 Å². The number of rotatable bonds is 4. The van der Waals surface area contributed by atoms with Gasteiger partial charge in [0.25, 0.3) is 11.8 Å². The molecule has 1 aromatic rings. The van der Waals surface area contributed by atoms with Crippen LogP contribution in [0, 0.1) is 0 Å². The number of amides is 2. The second kappa shape index (κ2) is 6.81. The summed E-state index contributed by atoms with van der Waals surface area (Å²) in [6, 6.07) is 5.41. The second-order valence-corrected chi connectivity index (χ2v) is 7.05. The summed E-state index contributed by atoms with van der Waals surface area (Å²) in [5.74, 6) is -0.412. The number of thioether (sulfide) groups is 1. The van der Waals surface area contributed by atoms with Crippen molar-refractivity contribution in [1.82, 2.24) is 4.90 Å². The molecule has 3 unspecified atom stereocenters. The molecule has 24 heavy (non-hydrogen) atoms. The van der Waals surface area contributed by atoms with E-state index in [1.54, 1.807) is 24.3 Å².